The van der Waals surface area contributed by atoms with E-state index in [1.54, 1.807) is 39.5 Å². The molecule has 1 aromatic heterocycles. The molecule has 2 rings (SSSR count). The second-order valence-electron chi connectivity index (χ2n) is 17.1. The molecule has 0 bridgehead atoms. The number of hydrogen-bond acceptors (Lipinski definition) is 9. The molecule has 2 unspecified atom stereocenters. The largest absolute Gasteiger partial charge is 0.464 e. The second kappa shape index (κ2) is 20.6. The quantitative estimate of drug-likeness (QED) is 0.0575. The van der Waals surface area contributed by atoms with Gasteiger partial charge in [-0.15, -0.1) is 23.5 Å². The zero-order valence-corrected chi connectivity index (χ0v) is 38.2. The molecule has 1 aromatic carbocycles. The third kappa shape index (κ3) is 13.5. The first kappa shape index (κ1) is 47.0. The Morgan fingerprint density at radius 3 is 2.08 bits per heavy atom. The first-order chi connectivity index (χ1) is 24.1. The van der Waals surface area contributed by atoms with Crippen molar-refractivity contribution >= 4 is 72.7 Å². The molecule has 0 spiro atoms. The van der Waals surface area contributed by atoms with Crippen molar-refractivity contribution in [2.24, 2.45) is 27.6 Å². The lowest BCUT2D eigenvalue weighted by Crippen LogP contribution is -2.52. The topological polar surface area (TPSA) is 68.3 Å². The van der Waals surface area contributed by atoms with Crippen LogP contribution in [0.25, 0.3) is 0 Å². The molecular weight excluding hydrogens is 741 g/mol. The van der Waals surface area contributed by atoms with Gasteiger partial charge in [-0.05, 0) is 117 Å². The number of unbranched alkanes of at least 4 members (excludes halogenated alkanes) is 1. The van der Waals surface area contributed by atoms with Gasteiger partial charge in [-0.1, -0.05) is 114 Å². The number of hydrogen-bond donors (Lipinski definition) is 1. The molecule has 0 saturated heterocycles. The van der Waals surface area contributed by atoms with Crippen molar-refractivity contribution in [3.63, 3.8) is 0 Å². The van der Waals surface area contributed by atoms with Gasteiger partial charge < -0.3 is 10.1 Å². The lowest BCUT2D eigenvalue weighted by Gasteiger charge is -2.52. The van der Waals surface area contributed by atoms with Crippen molar-refractivity contribution in [1.82, 2.24) is 10.3 Å². The SMILES string of the molecule is CCCCSC(=S)SC(C)(C)C(CC(C)(C)C(C)(C)C(CC(C)(C)C(C)(C)C(=O)OCCSSc1ccccn1)C(=O)NC(C)C)c1ccccc1. The Bertz CT molecular complexity index is 1410. The average Bonchev–Trinajstić information content (AvgIpc) is 3.06. The molecule has 0 fully saturated rings. The molecule has 52 heavy (non-hydrogen) atoms. The minimum Gasteiger partial charge on any atom is -0.464 e. The van der Waals surface area contributed by atoms with E-state index >= 15 is 0 Å². The molecule has 1 N–H and O–H groups in total. The summed E-state index contributed by atoms with van der Waals surface area (Å²) >= 11 is 9.53. The summed E-state index contributed by atoms with van der Waals surface area (Å²) in [7, 11) is 3.20. The molecule has 0 aliphatic carbocycles. The Labute approximate surface area is 338 Å². The molecule has 1 amide bonds. The smallest absolute Gasteiger partial charge is 0.312 e. The number of thiocarbonyl (C=S) groups is 1. The number of amides is 1. The van der Waals surface area contributed by atoms with Gasteiger partial charge in [0.2, 0.25) is 5.91 Å². The molecular formula is C42H66N2O3S5. The molecule has 0 radical (unpaired) electrons. The molecule has 2 atom stereocenters. The Morgan fingerprint density at radius 2 is 1.50 bits per heavy atom. The average molecular weight is 807 g/mol. The van der Waals surface area contributed by atoms with Crippen LogP contribution in [0, 0.1) is 27.6 Å². The van der Waals surface area contributed by atoms with Gasteiger partial charge in [0.1, 0.15) is 15.2 Å². The summed E-state index contributed by atoms with van der Waals surface area (Å²) in [6.45, 7) is 28.5. The van der Waals surface area contributed by atoms with E-state index in [9.17, 15) is 9.59 Å². The van der Waals surface area contributed by atoms with E-state index in [1.807, 2.05) is 57.7 Å². The first-order valence-corrected chi connectivity index (χ1v) is 23.2. The van der Waals surface area contributed by atoms with Gasteiger partial charge in [0, 0.05) is 28.7 Å². The monoisotopic (exact) mass is 806 g/mol. The summed E-state index contributed by atoms with van der Waals surface area (Å²) in [6, 6.07) is 16.6. The maximum absolute atomic E-state index is 14.3. The Hall–Kier alpha value is -1.20. The van der Waals surface area contributed by atoms with Crippen molar-refractivity contribution in [2.45, 2.75) is 137 Å². The van der Waals surface area contributed by atoms with Crippen LogP contribution in [0.15, 0.2) is 59.8 Å². The molecule has 10 heteroatoms. The summed E-state index contributed by atoms with van der Waals surface area (Å²) in [5.74, 6) is 1.31. The minimum absolute atomic E-state index is 0.00456. The van der Waals surface area contributed by atoms with Crippen LogP contribution < -0.4 is 5.32 Å². The van der Waals surface area contributed by atoms with E-state index < -0.39 is 16.2 Å². The summed E-state index contributed by atoms with van der Waals surface area (Å²) < 4.78 is 6.70. The predicted octanol–water partition coefficient (Wildman–Crippen LogP) is 12.5. The maximum atomic E-state index is 14.3. The van der Waals surface area contributed by atoms with E-state index in [1.165, 1.54) is 5.56 Å². The molecule has 0 aliphatic rings. The third-order valence-corrected chi connectivity index (χ3v) is 16.4. The number of carbonyl (C=O) groups is 2. The van der Waals surface area contributed by atoms with Gasteiger partial charge in [0.15, 0.2) is 0 Å². The Balaban J connectivity index is 2.37. The van der Waals surface area contributed by atoms with Gasteiger partial charge in [0.05, 0.1) is 5.41 Å². The highest BCUT2D eigenvalue weighted by molar-refractivity contribution is 8.76. The highest BCUT2D eigenvalue weighted by atomic mass is 33.1. The van der Waals surface area contributed by atoms with E-state index in [-0.39, 0.29) is 39.9 Å². The zero-order chi connectivity index (χ0) is 39.4. The van der Waals surface area contributed by atoms with Gasteiger partial charge in [-0.3, -0.25) is 9.59 Å². The second-order valence-corrected chi connectivity index (χ2v) is 23.5. The normalized spacial score (nSPS) is 14.2. The van der Waals surface area contributed by atoms with Crippen molar-refractivity contribution < 1.29 is 14.3 Å². The van der Waals surface area contributed by atoms with Crippen LogP contribution in [0.4, 0.5) is 0 Å². The lowest BCUT2D eigenvalue weighted by atomic mass is 9.53. The molecule has 0 saturated carbocycles. The van der Waals surface area contributed by atoms with E-state index in [4.69, 9.17) is 17.0 Å². The minimum atomic E-state index is -0.835. The number of esters is 1. The fraction of sp³-hybridized carbons (Fsp3) is 0.667. The van der Waals surface area contributed by atoms with Gasteiger partial charge in [-0.2, -0.15) is 0 Å². The van der Waals surface area contributed by atoms with Crippen LogP contribution in [0.3, 0.4) is 0 Å². The zero-order valence-electron chi connectivity index (χ0n) is 34.1. The lowest BCUT2D eigenvalue weighted by molar-refractivity contribution is -0.163. The number of thioether (sulfide) groups is 2. The van der Waals surface area contributed by atoms with Gasteiger partial charge >= 0.3 is 5.97 Å². The fourth-order valence-corrected chi connectivity index (χ4v) is 11.4. The summed E-state index contributed by atoms with van der Waals surface area (Å²) in [4.78, 5) is 32.4. The molecule has 0 aliphatic heterocycles. The van der Waals surface area contributed by atoms with Crippen LogP contribution in [-0.2, 0) is 14.3 Å². The number of nitrogens with zero attached hydrogens (tertiary/aromatic N) is 1. The van der Waals surface area contributed by atoms with E-state index in [2.05, 4.69) is 103 Å². The maximum Gasteiger partial charge on any atom is 0.312 e. The van der Waals surface area contributed by atoms with Gasteiger partial charge in [-0.25, -0.2) is 4.98 Å². The predicted molar refractivity (Wildman–Crippen MR) is 235 cm³/mol. The van der Waals surface area contributed by atoms with E-state index in [0.29, 0.717) is 18.8 Å². The first-order valence-electron chi connectivity index (χ1n) is 18.7. The number of aromatic nitrogens is 1. The molecule has 2 aromatic rings. The van der Waals surface area contributed by atoms with E-state index in [0.717, 1.165) is 33.6 Å². The summed E-state index contributed by atoms with van der Waals surface area (Å²) in [5.41, 5.74) is -0.841. The highest BCUT2D eigenvalue weighted by Crippen LogP contribution is 2.57. The highest BCUT2D eigenvalue weighted by Gasteiger charge is 2.53. The van der Waals surface area contributed by atoms with Crippen molar-refractivity contribution in [3.05, 3.63) is 60.3 Å². The fourth-order valence-electron chi connectivity index (χ4n) is 6.26. The van der Waals surface area contributed by atoms with Crippen LogP contribution in [-0.4, -0.2) is 49.3 Å². The summed E-state index contributed by atoms with van der Waals surface area (Å²) in [6.07, 6.45) is 5.48. The Morgan fingerprint density at radius 1 is 0.865 bits per heavy atom. The van der Waals surface area contributed by atoms with Crippen LogP contribution in [0.1, 0.15) is 127 Å². The van der Waals surface area contributed by atoms with Crippen LogP contribution >= 0.6 is 57.3 Å². The van der Waals surface area contributed by atoms with Gasteiger partial charge in [0.25, 0.3) is 0 Å². The Kier molecular flexibility index (Phi) is 18.6. The number of nitrogens with one attached hydrogen (secondary N) is 1. The number of pyridine rings is 1. The standard InChI is InChI=1S/C42H66N2O3S5/c1-14-15-26-49-37(48)51-42(12,13)32(31-21-17-16-18-22-31)28-38(4,5)40(8,9)33(35(45)44-30(2)3)29-39(6,7)41(10,11)36(46)47-25-27-50-52-34-23-19-20-24-43-34/h16-24,30,32-33H,14-15,25-29H2,1-13H3,(H,44,45). The number of ether oxygens (including phenoxy) is 1. The number of carbonyl (C=O) groups excluding carboxylic acids is 2. The molecule has 292 valence electrons. The number of rotatable bonds is 21. The van der Waals surface area contributed by atoms with Crippen molar-refractivity contribution in [3.8, 4) is 0 Å². The molecule has 1 heterocycles. The number of benzene rings is 1. The summed E-state index contributed by atoms with van der Waals surface area (Å²) in [5, 5.41) is 4.19. The third-order valence-electron chi connectivity index (χ3n) is 11.3. The van der Waals surface area contributed by atoms with Crippen LogP contribution in [0.2, 0.25) is 0 Å². The van der Waals surface area contributed by atoms with Crippen molar-refractivity contribution in [2.75, 3.05) is 18.1 Å². The van der Waals surface area contributed by atoms with Crippen LogP contribution in [0.5, 0.6) is 0 Å². The van der Waals surface area contributed by atoms with Crippen molar-refractivity contribution in [1.29, 1.82) is 0 Å². The molecule has 5 nitrogen and oxygen atoms in total.